The van der Waals surface area contributed by atoms with Gasteiger partial charge in [0.05, 0.1) is 11.2 Å². The number of halogens is 3. The fourth-order valence-corrected chi connectivity index (χ4v) is 6.47. The summed E-state index contributed by atoms with van der Waals surface area (Å²) >= 11 is 0. The van der Waals surface area contributed by atoms with E-state index < -0.39 is 27.6 Å². The minimum atomic E-state index is -5.08. The van der Waals surface area contributed by atoms with Gasteiger partial charge in [-0.05, 0) is 50.6 Å². The summed E-state index contributed by atoms with van der Waals surface area (Å²) in [5, 5.41) is 10.2. The van der Waals surface area contributed by atoms with Gasteiger partial charge >= 0.3 is 12.1 Å². The Morgan fingerprint density at radius 1 is 1.00 bits per heavy atom. The predicted octanol–water partition coefficient (Wildman–Crippen LogP) is 3.57. The van der Waals surface area contributed by atoms with Crippen LogP contribution in [0.1, 0.15) is 24.8 Å². The normalized spacial score (nSPS) is 22.8. The minimum absolute atomic E-state index is 0.00242. The number of rotatable bonds is 5. The molecule has 2 aliphatic rings. The molecular weight excluding hydrogens is 511 g/mol. The van der Waals surface area contributed by atoms with Crippen LogP contribution in [0.25, 0.3) is 0 Å². The first-order valence-corrected chi connectivity index (χ1v) is 13.3. The standard InChI is InChI=1S/C23H29N3O3S.C2HF3O2/c1-25-16-13-23(22(27)24-20-10-6-3-7-11-20)14-17-26(15-12-21(23)25)30(28,29)18-19-8-4-2-5-9-19;3-2(4,5)1(6)7/h2-11,21H,12-18H2,1H3,(H,24,27);(H,6,7)/t21-,23-;/m1./s1. The molecule has 1 amide bonds. The lowest BCUT2D eigenvalue weighted by atomic mass is 9.75. The number of benzene rings is 2. The third-order valence-electron chi connectivity index (χ3n) is 6.85. The van der Waals surface area contributed by atoms with E-state index >= 15 is 0 Å². The molecular formula is C25H30F3N3O5S. The first-order chi connectivity index (χ1) is 17.3. The lowest BCUT2D eigenvalue weighted by molar-refractivity contribution is -0.192. The van der Waals surface area contributed by atoms with E-state index in [-0.39, 0.29) is 17.7 Å². The number of hydrogen-bond acceptors (Lipinski definition) is 5. The smallest absolute Gasteiger partial charge is 0.475 e. The van der Waals surface area contributed by atoms with Crippen molar-refractivity contribution in [3.05, 3.63) is 66.2 Å². The number of carbonyl (C=O) groups is 2. The van der Waals surface area contributed by atoms with Crippen LogP contribution >= 0.6 is 0 Å². The van der Waals surface area contributed by atoms with E-state index in [1.165, 1.54) is 0 Å². The number of carbonyl (C=O) groups excluding carboxylic acids is 1. The topological polar surface area (TPSA) is 107 Å². The van der Waals surface area contributed by atoms with E-state index in [2.05, 4.69) is 10.2 Å². The van der Waals surface area contributed by atoms with Gasteiger partial charge in [0, 0.05) is 24.8 Å². The summed E-state index contributed by atoms with van der Waals surface area (Å²) in [4.78, 5) is 24.5. The van der Waals surface area contributed by atoms with Crippen molar-refractivity contribution >= 4 is 27.6 Å². The van der Waals surface area contributed by atoms with Gasteiger partial charge in [0.2, 0.25) is 15.9 Å². The zero-order valence-electron chi connectivity index (χ0n) is 20.3. The van der Waals surface area contributed by atoms with Gasteiger partial charge in [-0.3, -0.25) is 4.79 Å². The van der Waals surface area contributed by atoms with Gasteiger partial charge in [0.1, 0.15) is 0 Å². The first-order valence-electron chi connectivity index (χ1n) is 11.7. The van der Waals surface area contributed by atoms with E-state index in [1.54, 1.807) is 4.31 Å². The number of para-hydroxylation sites is 1. The number of carboxylic acid groups (broad SMARTS) is 1. The molecule has 0 bridgehead atoms. The quantitative estimate of drug-likeness (QED) is 0.600. The van der Waals surface area contributed by atoms with Crippen molar-refractivity contribution in [1.29, 1.82) is 0 Å². The molecule has 4 rings (SSSR count). The van der Waals surface area contributed by atoms with Crippen LogP contribution in [0, 0.1) is 5.41 Å². The summed E-state index contributed by atoms with van der Waals surface area (Å²) < 4.78 is 59.5. The molecule has 2 aromatic rings. The second-order valence-corrected chi connectivity index (χ2v) is 11.2. The van der Waals surface area contributed by atoms with Crippen LogP contribution < -0.4 is 5.32 Å². The number of anilines is 1. The highest BCUT2D eigenvalue weighted by Crippen LogP contribution is 2.44. The number of sulfonamides is 1. The molecule has 2 atom stereocenters. The van der Waals surface area contributed by atoms with Gasteiger partial charge in [0.15, 0.2) is 0 Å². The number of carboxylic acids is 1. The number of nitrogens with zero attached hydrogens (tertiary/aromatic N) is 2. The Kier molecular flexibility index (Phi) is 8.98. The summed E-state index contributed by atoms with van der Waals surface area (Å²) in [6.45, 7) is 1.68. The van der Waals surface area contributed by atoms with E-state index in [9.17, 15) is 26.4 Å². The molecule has 0 saturated carbocycles. The highest BCUT2D eigenvalue weighted by molar-refractivity contribution is 7.88. The maximum atomic E-state index is 13.4. The highest BCUT2D eigenvalue weighted by Gasteiger charge is 2.53. The molecule has 2 aromatic carbocycles. The highest BCUT2D eigenvalue weighted by atomic mass is 32.2. The molecule has 2 N–H and O–H groups in total. The van der Waals surface area contributed by atoms with E-state index in [0.717, 1.165) is 24.2 Å². The number of fused-ring (bicyclic) bond motifs is 1. The summed E-state index contributed by atoms with van der Waals surface area (Å²) in [7, 11) is -1.40. The Hall–Kier alpha value is -2.96. The Labute approximate surface area is 214 Å². The molecule has 12 heteroatoms. The van der Waals surface area contributed by atoms with Crippen LogP contribution in [0.15, 0.2) is 60.7 Å². The van der Waals surface area contributed by atoms with E-state index in [1.807, 2.05) is 67.7 Å². The fourth-order valence-electron chi connectivity index (χ4n) is 4.92. The lowest BCUT2D eigenvalue weighted by Crippen LogP contribution is -2.46. The molecule has 0 aliphatic carbocycles. The maximum absolute atomic E-state index is 13.4. The molecule has 2 aliphatic heterocycles. The zero-order chi connectivity index (χ0) is 27.3. The van der Waals surface area contributed by atoms with Crippen molar-refractivity contribution in [2.75, 3.05) is 32.0 Å². The van der Waals surface area contributed by atoms with Crippen molar-refractivity contribution in [2.24, 2.45) is 5.41 Å². The van der Waals surface area contributed by atoms with Gasteiger partial charge in [-0.25, -0.2) is 17.5 Å². The molecule has 2 heterocycles. The third kappa shape index (κ3) is 7.08. The molecule has 8 nitrogen and oxygen atoms in total. The molecule has 202 valence electrons. The largest absolute Gasteiger partial charge is 0.490 e. The molecule has 0 aromatic heterocycles. The Balaban J connectivity index is 0.000000479. The Morgan fingerprint density at radius 3 is 2.11 bits per heavy atom. The molecule has 0 radical (unpaired) electrons. The number of aliphatic carboxylic acids is 1. The summed E-state index contributed by atoms with van der Waals surface area (Å²) in [5.41, 5.74) is 1.00. The van der Waals surface area contributed by atoms with Crippen molar-refractivity contribution in [1.82, 2.24) is 9.21 Å². The van der Waals surface area contributed by atoms with Crippen LogP contribution in [-0.2, 0) is 25.4 Å². The number of hydrogen-bond donors (Lipinski definition) is 2. The van der Waals surface area contributed by atoms with Crippen LogP contribution in [0.5, 0.6) is 0 Å². The second-order valence-electron chi connectivity index (χ2n) is 9.21. The summed E-state index contributed by atoms with van der Waals surface area (Å²) in [5.74, 6) is -2.75. The van der Waals surface area contributed by atoms with Crippen molar-refractivity contribution < 1.29 is 36.3 Å². The van der Waals surface area contributed by atoms with Crippen molar-refractivity contribution in [2.45, 2.75) is 37.2 Å². The van der Waals surface area contributed by atoms with Gasteiger partial charge in [-0.2, -0.15) is 13.2 Å². The fraction of sp³-hybridized carbons (Fsp3) is 0.440. The van der Waals surface area contributed by atoms with E-state index in [4.69, 9.17) is 9.90 Å². The lowest BCUT2D eigenvalue weighted by Gasteiger charge is -2.34. The van der Waals surface area contributed by atoms with Gasteiger partial charge in [-0.1, -0.05) is 48.5 Å². The number of likely N-dealkylation sites (tertiary alicyclic amines) is 1. The molecule has 2 saturated heterocycles. The molecule has 2 fully saturated rings. The van der Waals surface area contributed by atoms with Crippen LogP contribution in [0.3, 0.4) is 0 Å². The number of nitrogens with one attached hydrogen (secondary N) is 1. The van der Waals surface area contributed by atoms with E-state index in [0.29, 0.717) is 25.9 Å². The average Bonchev–Trinajstić information content (AvgIpc) is 3.03. The average molecular weight is 542 g/mol. The van der Waals surface area contributed by atoms with Crippen molar-refractivity contribution in [3.8, 4) is 0 Å². The van der Waals surface area contributed by atoms with Crippen LogP contribution in [0.2, 0.25) is 0 Å². The monoisotopic (exact) mass is 541 g/mol. The number of amides is 1. The molecule has 37 heavy (non-hydrogen) atoms. The molecule has 0 unspecified atom stereocenters. The first kappa shape index (κ1) is 28.6. The summed E-state index contributed by atoms with van der Waals surface area (Å²) in [6, 6.07) is 18.8. The predicted molar refractivity (Wildman–Crippen MR) is 132 cm³/mol. The third-order valence-corrected chi connectivity index (χ3v) is 8.70. The van der Waals surface area contributed by atoms with Gasteiger partial charge in [0.25, 0.3) is 0 Å². The maximum Gasteiger partial charge on any atom is 0.490 e. The van der Waals surface area contributed by atoms with Gasteiger partial charge < -0.3 is 15.3 Å². The Morgan fingerprint density at radius 2 is 1.54 bits per heavy atom. The summed E-state index contributed by atoms with van der Waals surface area (Å²) in [6.07, 6.45) is -3.14. The SMILES string of the molecule is CN1CC[C@@]2(C(=O)Nc3ccccc3)CCN(S(=O)(=O)Cc3ccccc3)CC[C@@H]12.O=C(O)C(F)(F)F. The van der Waals surface area contributed by atoms with Crippen LogP contribution in [-0.4, -0.2) is 73.5 Å². The van der Waals surface area contributed by atoms with Crippen molar-refractivity contribution in [3.63, 3.8) is 0 Å². The van der Waals surface area contributed by atoms with Crippen LogP contribution in [0.4, 0.5) is 18.9 Å². The minimum Gasteiger partial charge on any atom is -0.475 e. The van der Waals surface area contributed by atoms with Gasteiger partial charge in [-0.15, -0.1) is 0 Å². The Bertz CT molecular complexity index is 1180. The second kappa shape index (κ2) is 11.6. The molecule has 0 spiro atoms. The zero-order valence-corrected chi connectivity index (χ0v) is 21.1. The number of alkyl halides is 3.